The zero-order chi connectivity index (χ0) is 10.7. The first kappa shape index (κ1) is 9.90. The average Bonchev–Trinajstić information content (AvgIpc) is 2.30. The van der Waals surface area contributed by atoms with E-state index in [1.165, 1.54) is 0 Å². The third kappa shape index (κ3) is 2.06. The van der Waals surface area contributed by atoms with Gasteiger partial charge in [0.05, 0.1) is 5.56 Å². The Balaban J connectivity index is 2.34. The van der Waals surface area contributed by atoms with Crippen LogP contribution in [-0.2, 0) is 0 Å². The minimum absolute atomic E-state index is 0.0765. The van der Waals surface area contributed by atoms with Crippen LogP contribution in [0.3, 0.4) is 0 Å². The monoisotopic (exact) mass is 202 g/mol. The molecule has 0 unspecified atom stereocenters. The number of hydrogen-bond acceptors (Lipinski definition) is 3. The van der Waals surface area contributed by atoms with E-state index >= 15 is 0 Å². The van der Waals surface area contributed by atoms with Gasteiger partial charge in [-0.2, -0.15) is 0 Å². The maximum atomic E-state index is 11.4. The van der Waals surface area contributed by atoms with Crippen molar-refractivity contribution in [3.63, 3.8) is 0 Å². The number of pyridine rings is 1. The molecule has 0 atom stereocenters. The molecule has 0 fully saturated rings. The van der Waals surface area contributed by atoms with Gasteiger partial charge in [0.2, 0.25) is 0 Å². The molecule has 78 valence electrons. The minimum atomic E-state index is 0.0765. The van der Waals surface area contributed by atoms with Crippen molar-refractivity contribution in [3.8, 4) is 0 Å². The van der Waals surface area contributed by atoms with Crippen molar-refractivity contribution < 1.29 is 4.79 Å². The summed E-state index contributed by atoms with van der Waals surface area (Å²) in [5.74, 6) is 0.891. The van der Waals surface area contributed by atoms with Gasteiger partial charge in [0.25, 0.3) is 0 Å². The van der Waals surface area contributed by atoms with Crippen LogP contribution in [0.15, 0.2) is 30.5 Å². The number of aromatic nitrogens is 1. The van der Waals surface area contributed by atoms with Gasteiger partial charge in [-0.15, -0.1) is 0 Å². The first-order valence-electron chi connectivity index (χ1n) is 5.15. The van der Waals surface area contributed by atoms with E-state index in [4.69, 9.17) is 0 Å². The summed E-state index contributed by atoms with van der Waals surface area (Å²) in [6.07, 6.45) is 7.03. The number of anilines is 1. The van der Waals surface area contributed by atoms with Crippen LogP contribution in [0.2, 0.25) is 0 Å². The lowest BCUT2D eigenvalue weighted by Gasteiger charge is -2.25. The molecule has 0 radical (unpaired) electrons. The molecule has 0 spiro atoms. The topological polar surface area (TPSA) is 33.2 Å². The van der Waals surface area contributed by atoms with E-state index in [0.29, 0.717) is 5.56 Å². The molecule has 1 aliphatic heterocycles. The molecule has 3 nitrogen and oxygen atoms in total. The Kier molecular flexibility index (Phi) is 2.81. The van der Waals surface area contributed by atoms with Crippen LogP contribution in [-0.4, -0.2) is 23.9 Å². The Morgan fingerprint density at radius 3 is 3.00 bits per heavy atom. The van der Waals surface area contributed by atoms with Crippen molar-refractivity contribution in [2.24, 2.45) is 0 Å². The van der Waals surface area contributed by atoms with Crippen LogP contribution < -0.4 is 4.90 Å². The second-order valence-corrected chi connectivity index (χ2v) is 3.64. The zero-order valence-corrected chi connectivity index (χ0v) is 8.81. The first-order valence-corrected chi connectivity index (χ1v) is 5.15. The molecule has 2 heterocycles. The lowest BCUT2D eigenvalue weighted by atomic mass is 10.1. The van der Waals surface area contributed by atoms with E-state index in [1.54, 1.807) is 19.2 Å². The zero-order valence-electron chi connectivity index (χ0n) is 8.81. The fourth-order valence-corrected chi connectivity index (χ4v) is 1.76. The highest BCUT2D eigenvalue weighted by molar-refractivity contribution is 5.98. The Hall–Kier alpha value is -1.64. The Labute approximate surface area is 89.4 Å². The number of carbonyl (C=O) groups is 1. The van der Waals surface area contributed by atoms with Gasteiger partial charge in [-0.25, -0.2) is 4.98 Å². The third-order valence-electron chi connectivity index (χ3n) is 2.52. The largest absolute Gasteiger partial charge is 0.352 e. The quantitative estimate of drug-likeness (QED) is 0.543. The summed E-state index contributed by atoms with van der Waals surface area (Å²) in [6, 6.07) is 3.64. The summed E-state index contributed by atoms with van der Waals surface area (Å²) in [6.45, 7) is 3.37. The van der Waals surface area contributed by atoms with Crippen molar-refractivity contribution in [2.75, 3.05) is 18.0 Å². The second kappa shape index (κ2) is 4.26. The van der Waals surface area contributed by atoms with E-state index in [-0.39, 0.29) is 5.78 Å². The van der Waals surface area contributed by atoms with Gasteiger partial charge < -0.3 is 4.90 Å². The summed E-state index contributed by atoms with van der Waals surface area (Å²) < 4.78 is 0. The van der Waals surface area contributed by atoms with Gasteiger partial charge in [-0.1, -0.05) is 12.2 Å². The van der Waals surface area contributed by atoms with Crippen LogP contribution in [0.1, 0.15) is 23.7 Å². The summed E-state index contributed by atoms with van der Waals surface area (Å²) >= 11 is 0. The molecule has 0 saturated carbocycles. The lowest BCUT2D eigenvalue weighted by molar-refractivity contribution is 0.101. The maximum absolute atomic E-state index is 11.4. The molecule has 0 aromatic carbocycles. The highest BCUT2D eigenvalue weighted by Crippen LogP contribution is 2.19. The molecule has 1 aromatic heterocycles. The number of hydrogen-bond donors (Lipinski definition) is 0. The number of Topliss-reactive ketones (excluding diaryl/α,β-unsaturated/α-hetero) is 1. The van der Waals surface area contributed by atoms with Gasteiger partial charge in [0, 0.05) is 19.3 Å². The molecular formula is C12H14N2O. The van der Waals surface area contributed by atoms with Gasteiger partial charge in [-0.3, -0.25) is 4.79 Å². The summed E-state index contributed by atoms with van der Waals surface area (Å²) in [4.78, 5) is 17.9. The summed E-state index contributed by atoms with van der Waals surface area (Å²) in [7, 11) is 0. The third-order valence-corrected chi connectivity index (χ3v) is 2.52. The second-order valence-electron chi connectivity index (χ2n) is 3.64. The predicted octanol–water partition coefficient (Wildman–Crippen LogP) is 2.05. The molecule has 2 rings (SSSR count). The van der Waals surface area contributed by atoms with Gasteiger partial charge in [-0.05, 0) is 25.5 Å². The summed E-state index contributed by atoms with van der Waals surface area (Å²) in [5, 5.41) is 0. The predicted molar refractivity (Wildman–Crippen MR) is 60.2 cm³/mol. The molecule has 1 aliphatic rings. The molecule has 3 heteroatoms. The minimum Gasteiger partial charge on any atom is -0.352 e. The van der Waals surface area contributed by atoms with Crippen molar-refractivity contribution in [1.29, 1.82) is 0 Å². The van der Waals surface area contributed by atoms with E-state index in [0.717, 1.165) is 25.3 Å². The molecule has 0 N–H and O–H groups in total. The van der Waals surface area contributed by atoms with E-state index in [1.807, 2.05) is 6.07 Å². The van der Waals surface area contributed by atoms with Crippen molar-refractivity contribution in [1.82, 2.24) is 4.98 Å². The highest BCUT2D eigenvalue weighted by Gasteiger charge is 2.14. The van der Waals surface area contributed by atoms with Crippen LogP contribution in [0.25, 0.3) is 0 Å². The van der Waals surface area contributed by atoms with E-state index in [9.17, 15) is 4.79 Å². The average molecular weight is 202 g/mol. The van der Waals surface area contributed by atoms with Crippen molar-refractivity contribution in [3.05, 3.63) is 36.0 Å². The highest BCUT2D eigenvalue weighted by atomic mass is 16.1. The fourth-order valence-electron chi connectivity index (χ4n) is 1.76. The van der Waals surface area contributed by atoms with Crippen molar-refractivity contribution in [2.45, 2.75) is 13.3 Å². The smallest absolute Gasteiger partial charge is 0.163 e. The Morgan fingerprint density at radius 1 is 1.47 bits per heavy atom. The molecular weight excluding hydrogens is 188 g/mol. The molecule has 0 saturated heterocycles. The Morgan fingerprint density at radius 2 is 2.33 bits per heavy atom. The fraction of sp³-hybridized carbons (Fsp3) is 0.333. The number of carbonyl (C=O) groups excluding carboxylic acids is 1. The lowest BCUT2D eigenvalue weighted by Crippen LogP contribution is -2.29. The van der Waals surface area contributed by atoms with E-state index in [2.05, 4.69) is 22.0 Å². The first-order chi connectivity index (χ1) is 7.29. The standard InChI is InChI=1S/C12H14N2O/c1-10(15)11-6-5-7-13-12(11)14-8-3-2-4-9-14/h2-3,5-7H,4,8-9H2,1H3. The van der Waals surface area contributed by atoms with E-state index < -0.39 is 0 Å². The van der Waals surface area contributed by atoms with Crippen molar-refractivity contribution >= 4 is 11.6 Å². The number of ketones is 1. The normalized spacial score (nSPS) is 15.4. The van der Waals surface area contributed by atoms with Gasteiger partial charge in [0.1, 0.15) is 5.82 Å². The van der Waals surface area contributed by atoms with Gasteiger partial charge >= 0.3 is 0 Å². The molecule has 0 bridgehead atoms. The molecule has 0 aliphatic carbocycles. The number of rotatable bonds is 2. The maximum Gasteiger partial charge on any atom is 0.163 e. The number of nitrogens with zero attached hydrogens (tertiary/aromatic N) is 2. The van der Waals surface area contributed by atoms with Crippen LogP contribution in [0.5, 0.6) is 0 Å². The molecule has 1 aromatic rings. The van der Waals surface area contributed by atoms with Crippen LogP contribution in [0.4, 0.5) is 5.82 Å². The molecule has 0 amide bonds. The molecule has 15 heavy (non-hydrogen) atoms. The van der Waals surface area contributed by atoms with Crippen LogP contribution in [0, 0.1) is 0 Å². The summed E-state index contributed by atoms with van der Waals surface area (Å²) in [5.41, 5.74) is 0.716. The van der Waals surface area contributed by atoms with Crippen LogP contribution >= 0.6 is 0 Å². The Bertz CT molecular complexity index is 398. The SMILES string of the molecule is CC(=O)c1cccnc1N1CC=CCC1. The van der Waals surface area contributed by atoms with Gasteiger partial charge in [0.15, 0.2) is 5.78 Å².